The summed E-state index contributed by atoms with van der Waals surface area (Å²) < 4.78 is 6.95. The van der Waals surface area contributed by atoms with Crippen LogP contribution in [0.1, 0.15) is 22.4 Å². The van der Waals surface area contributed by atoms with Crippen molar-refractivity contribution in [1.82, 2.24) is 28.7 Å². The zero-order valence-electron chi connectivity index (χ0n) is 81.9. The third-order valence-corrected chi connectivity index (χ3v) is 29.1. The summed E-state index contributed by atoms with van der Waals surface area (Å²) in [5.41, 5.74) is 33.2. The number of benzene rings is 20. The molecule has 149 heavy (non-hydrogen) atoms. The van der Waals surface area contributed by atoms with E-state index < -0.39 is 0 Å². The summed E-state index contributed by atoms with van der Waals surface area (Å²) in [6.07, 6.45) is 21.5. The molecule has 21 aromatic carbocycles. The van der Waals surface area contributed by atoms with Crippen LogP contribution in [0.25, 0.3) is 260 Å². The van der Waals surface area contributed by atoms with E-state index in [-0.39, 0.29) is 0 Å². The van der Waals surface area contributed by atoms with E-state index in [2.05, 4.69) is 535 Å². The number of allylic oxidation sites excluding steroid dienone is 4. The molecule has 0 radical (unpaired) electrons. The van der Waals surface area contributed by atoms with Crippen LogP contribution < -0.4 is 0 Å². The Bertz CT molecular complexity index is 10100. The predicted octanol–water partition coefficient (Wildman–Crippen LogP) is 38.5. The molecule has 0 unspecified atom stereocenters. The Morgan fingerprint density at radius 3 is 1.16 bits per heavy atom. The lowest BCUT2D eigenvalue weighted by molar-refractivity contribution is 1.10. The summed E-state index contributed by atoms with van der Waals surface area (Å²) in [5, 5.41) is 23.0. The second-order valence-corrected chi connectivity index (χ2v) is 37.7. The van der Waals surface area contributed by atoms with Gasteiger partial charge in [0.25, 0.3) is 0 Å². The molecule has 0 spiro atoms. The molecule has 0 fully saturated rings. The van der Waals surface area contributed by atoms with Gasteiger partial charge in [-0.3, -0.25) is 15.0 Å². The molecule has 6 nitrogen and oxygen atoms in total. The maximum atomic E-state index is 4.98. The van der Waals surface area contributed by atoms with Crippen molar-refractivity contribution in [1.29, 1.82) is 0 Å². The van der Waals surface area contributed by atoms with E-state index in [0.717, 1.165) is 116 Å². The van der Waals surface area contributed by atoms with Crippen LogP contribution in [-0.2, 0) is 0 Å². The third kappa shape index (κ3) is 16.9. The van der Waals surface area contributed by atoms with Gasteiger partial charge in [-0.25, -0.2) is 0 Å². The monoisotopic (exact) mass is 1900 g/mol. The second-order valence-electron chi connectivity index (χ2n) is 37.7. The van der Waals surface area contributed by atoms with Gasteiger partial charge < -0.3 is 13.7 Å². The standard InChI is InChI=1S/C51H32N2.C49H32N2.C43H34N2/c1-2-14-41(15-3-1)53-48-25-23-38(30-45(48)47-32-52-27-26-49(47)53)37-22-24-44-46(31-37)51(40-21-19-34-11-5-7-13-36(34)29-40)43-17-9-8-16-42(43)50(44)39-20-18-33-10-4-6-12-35(33)28-39;1-5-15-33(16-6-1)46-39-23-13-14-24-40(39)47(34-17-7-2-8-18-34)42-31-36(25-27-41(42)46)37-26-28-44-43(32-37)48-45(51(44)38-21-11-4-12-22-38)29-30-50-49(48)35-19-9-3-10-20-35;1-4-6-16-32(3)36-27-25-33(17-15-24-37(34-18-9-7-10-19-34)39-23-14-13-22-38(36)39)26-28-40-41-31-44-30-29-43(41)45(42(40)5-2)35-20-11-8-12-21-35/h1-32H;1-32H;4-31H,1-3H2/b;;16-6-,17-15?,24-15?,27-25?,28-26+,33-17?,33-25?,36-27?,37-24?,38-36?,39-37?. The molecule has 0 atom stereocenters. The lowest BCUT2D eigenvalue weighted by Gasteiger charge is -2.19. The minimum Gasteiger partial charge on any atom is -0.309 e. The zero-order valence-corrected chi connectivity index (χ0v) is 81.9. The molecule has 0 N–H and O–H groups in total. The van der Waals surface area contributed by atoms with Crippen LogP contribution in [0.4, 0.5) is 0 Å². The Kier molecular flexibility index (Phi) is 24.2. The Labute approximate surface area is 865 Å². The number of para-hydroxylation sites is 3. The topological polar surface area (TPSA) is 53.5 Å². The van der Waals surface area contributed by atoms with E-state index in [9.17, 15) is 0 Å². The first kappa shape index (κ1) is 90.5. The van der Waals surface area contributed by atoms with Crippen molar-refractivity contribution in [3.63, 3.8) is 0 Å². The number of aromatic nitrogens is 6. The molecular weight excluding hydrogens is 1800 g/mol. The van der Waals surface area contributed by atoms with Crippen LogP contribution in [-0.4, -0.2) is 28.7 Å². The van der Waals surface area contributed by atoms with E-state index in [1.54, 1.807) is 6.08 Å². The van der Waals surface area contributed by atoms with E-state index in [1.807, 2.05) is 61.3 Å². The minimum absolute atomic E-state index is 0.907. The molecule has 0 amide bonds. The maximum absolute atomic E-state index is 4.98. The molecule has 6 heterocycles. The third-order valence-electron chi connectivity index (χ3n) is 29.1. The normalized spacial score (nSPS) is 11.5. The Hall–Kier alpha value is -19.8. The van der Waals surface area contributed by atoms with Gasteiger partial charge in [-0.1, -0.05) is 438 Å². The number of nitrogens with zero attached hydrogens (tertiary/aromatic N) is 6. The van der Waals surface area contributed by atoms with Crippen molar-refractivity contribution in [3.8, 4) is 106 Å². The summed E-state index contributed by atoms with van der Waals surface area (Å²) in [5.74, 6) is 0. The van der Waals surface area contributed by atoms with Crippen LogP contribution in [0.15, 0.2) is 560 Å². The van der Waals surface area contributed by atoms with Crippen molar-refractivity contribution in [2.45, 2.75) is 0 Å². The zero-order chi connectivity index (χ0) is 99.6. The van der Waals surface area contributed by atoms with E-state index in [0.29, 0.717) is 0 Å². The van der Waals surface area contributed by atoms with Crippen molar-refractivity contribution in [2.75, 3.05) is 0 Å². The second kappa shape index (κ2) is 39.8. The lowest BCUT2D eigenvalue weighted by Crippen LogP contribution is -1.96. The van der Waals surface area contributed by atoms with E-state index >= 15 is 0 Å². The maximum Gasteiger partial charge on any atom is 0.0802 e. The molecule has 0 aliphatic rings. The quantitative estimate of drug-likeness (QED) is 0.0674. The molecule has 6 aromatic heterocycles. The summed E-state index contributed by atoms with van der Waals surface area (Å²) in [7, 11) is 0. The SMILES string of the molecule is C=C/C=C\C(=C)c1ccc(/C=C/c2c(C=C)n(-c3ccccc3)c3ccncc23)cccc(-c2ccccc2)c2ccccc12.c1ccc(-c2c3ccccc3c(-c3ccccc3)c3cc(-c4ccc5c(c4)c4c(-c6ccccc6)nccc4n5-c4ccccc4)ccc23)cc1.c1ccc(-n2c3ccncc3c3cc(-c4ccc5c(-c6ccc7ccccc7c6)c6ccccc6c(-c6ccc7ccccc7c6)c5c4)ccc32)cc1. The average molecular weight is 1900 g/mol. The molecule has 27 rings (SSSR count). The molecule has 700 valence electrons. The van der Waals surface area contributed by atoms with E-state index in [4.69, 9.17) is 4.98 Å². The number of hydrogen-bond donors (Lipinski definition) is 0. The lowest BCUT2D eigenvalue weighted by atomic mass is 9.84. The number of rotatable bonds is 17. The molecular formula is C143H98N6. The largest absolute Gasteiger partial charge is 0.309 e. The van der Waals surface area contributed by atoms with Crippen LogP contribution in [0, 0.1) is 0 Å². The van der Waals surface area contributed by atoms with Crippen LogP contribution >= 0.6 is 0 Å². The fourth-order valence-corrected chi connectivity index (χ4v) is 22.3. The molecule has 0 aliphatic heterocycles. The number of hydrogen-bond acceptors (Lipinski definition) is 3. The average Bonchev–Trinajstić information content (AvgIpc) is 0.866. The van der Waals surface area contributed by atoms with Crippen LogP contribution in [0.5, 0.6) is 0 Å². The Morgan fingerprint density at radius 2 is 0.631 bits per heavy atom. The Morgan fingerprint density at radius 1 is 0.242 bits per heavy atom. The van der Waals surface area contributed by atoms with E-state index in [1.165, 1.54) is 148 Å². The molecule has 27 aromatic rings. The van der Waals surface area contributed by atoms with Crippen LogP contribution in [0.2, 0.25) is 0 Å². The minimum atomic E-state index is 0.907. The highest BCUT2D eigenvalue weighted by atomic mass is 15.0. The highest BCUT2D eigenvalue weighted by Crippen LogP contribution is 2.51. The highest BCUT2D eigenvalue weighted by molar-refractivity contribution is 6.25. The Balaban J connectivity index is 0.000000116. The fraction of sp³-hybridized carbons (Fsp3) is 0. The highest BCUT2D eigenvalue weighted by Gasteiger charge is 2.26. The van der Waals surface area contributed by atoms with Gasteiger partial charge in [0.1, 0.15) is 0 Å². The first-order valence-corrected chi connectivity index (χ1v) is 50.6. The van der Waals surface area contributed by atoms with Crippen molar-refractivity contribution < 1.29 is 0 Å². The summed E-state index contributed by atoms with van der Waals surface area (Å²) in [6, 6.07) is 177. The molecule has 0 saturated carbocycles. The smallest absolute Gasteiger partial charge is 0.0802 e. The summed E-state index contributed by atoms with van der Waals surface area (Å²) >= 11 is 0. The van der Waals surface area contributed by atoms with Gasteiger partial charge >= 0.3 is 0 Å². The number of pyridine rings is 3. The van der Waals surface area contributed by atoms with Crippen LogP contribution in [0.3, 0.4) is 0 Å². The van der Waals surface area contributed by atoms with Crippen molar-refractivity contribution in [3.05, 3.63) is 583 Å². The first-order chi connectivity index (χ1) is 73.8. The van der Waals surface area contributed by atoms with Gasteiger partial charge in [-0.2, -0.15) is 0 Å². The fourth-order valence-electron chi connectivity index (χ4n) is 22.3. The summed E-state index contributed by atoms with van der Waals surface area (Å²) in [4.78, 5) is 14.0. The van der Waals surface area contributed by atoms with Gasteiger partial charge in [-0.15, -0.1) is 0 Å². The molecule has 0 saturated heterocycles. The molecule has 6 heteroatoms. The van der Waals surface area contributed by atoms with Gasteiger partial charge in [0.15, 0.2) is 0 Å². The predicted molar refractivity (Wildman–Crippen MR) is 636 cm³/mol. The van der Waals surface area contributed by atoms with Gasteiger partial charge in [-0.05, 0) is 279 Å². The number of fused-ring (bicyclic) bond motifs is 14. The first-order valence-electron chi connectivity index (χ1n) is 50.6. The van der Waals surface area contributed by atoms with Gasteiger partial charge in [0.05, 0.1) is 39.0 Å². The summed E-state index contributed by atoms with van der Waals surface area (Å²) in [6.45, 7) is 12.5. The van der Waals surface area contributed by atoms with Crippen molar-refractivity contribution >= 4 is 154 Å². The van der Waals surface area contributed by atoms with Gasteiger partial charge in [0.2, 0.25) is 0 Å². The molecule has 0 bridgehead atoms. The van der Waals surface area contributed by atoms with Crippen molar-refractivity contribution in [2.24, 2.45) is 0 Å². The van der Waals surface area contributed by atoms with Gasteiger partial charge in [0, 0.05) is 86.1 Å². The molecule has 0 aliphatic carbocycles.